The third-order valence-electron chi connectivity index (χ3n) is 1.85. The van der Waals surface area contributed by atoms with Crippen LogP contribution in [0.3, 0.4) is 0 Å². The van der Waals surface area contributed by atoms with E-state index >= 15 is 0 Å². The van der Waals surface area contributed by atoms with Crippen molar-refractivity contribution in [3.05, 3.63) is 35.1 Å². The molecule has 0 aliphatic carbocycles. The van der Waals surface area contributed by atoms with Crippen molar-refractivity contribution in [2.45, 2.75) is 19.8 Å². The van der Waals surface area contributed by atoms with Gasteiger partial charge >= 0.3 is 5.97 Å². The largest absolute Gasteiger partial charge is 0.481 e. The second-order valence-corrected chi connectivity index (χ2v) is 2.85. The van der Waals surface area contributed by atoms with Crippen LogP contribution in [0.1, 0.15) is 18.1 Å². The van der Waals surface area contributed by atoms with Crippen molar-refractivity contribution in [2.24, 2.45) is 0 Å². The summed E-state index contributed by atoms with van der Waals surface area (Å²) in [4.78, 5) is 10.3. The van der Waals surface area contributed by atoms with E-state index in [-0.39, 0.29) is 12.2 Å². The van der Waals surface area contributed by atoms with Gasteiger partial charge in [0.15, 0.2) is 0 Å². The molecule has 0 heterocycles. The lowest BCUT2D eigenvalue weighted by molar-refractivity contribution is -0.136. The lowest BCUT2D eigenvalue weighted by Crippen LogP contribution is -2.01. The Hall–Kier alpha value is -1.38. The molecule has 0 aliphatic rings. The van der Waals surface area contributed by atoms with Crippen LogP contribution in [0.4, 0.5) is 4.39 Å². The second kappa shape index (κ2) is 4.03. The number of benzene rings is 1. The zero-order chi connectivity index (χ0) is 9.84. The second-order valence-electron chi connectivity index (χ2n) is 2.85. The Balaban J connectivity index is 2.89. The van der Waals surface area contributed by atoms with Crippen molar-refractivity contribution in [2.75, 3.05) is 0 Å². The van der Waals surface area contributed by atoms with E-state index in [9.17, 15) is 9.18 Å². The summed E-state index contributed by atoms with van der Waals surface area (Å²) in [5, 5.41) is 8.46. The number of carbonyl (C=O) groups is 1. The van der Waals surface area contributed by atoms with Gasteiger partial charge < -0.3 is 5.11 Å². The van der Waals surface area contributed by atoms with Crippen LogP contribution in [0.15, 0.2) is 18.2 Å². The van der Waals surface area contributed by atoms with Crippen molar-refractivity contribution in [3.8, 4) is 0 Å². The van der Waals surface area contributed by atoms with E-state index < -0.39 is 5.97 Å². The molecule has 13 heavy (non-hydrogen) atoms. The van der Waals surface area contributed by atoms with Crippen molar-refractivity contribution in [1.29, 1.82) is 0 Å². The molecule has 0 atom stereocenters. The standard InChI is InChI=1S/C10H11FO2/c1-2-8-4-3-7(5-9(8)11)6-10(12)13/h3-5H,2,6H2,1H3,(H,12,13). The zero-order valence-corrected chi connectivity index (χ0v) is 7.38. The van der Waals surface area contributed by atoms with Crippen LogP contribution in [0.2, 0.25) is 0 Å². The van der Waals surface area contributed by atoms with Gasteiger partial charge in [-0.2, -0.15) is 0 Å². The molecule has 70 valence electrons. The molecule has 0 spiro atoms. The summed E-state index contributed by atoms with van der Waals surface area (Å²) in [6, 6.07) is 4.57. The summed E-state index contributed by atoms with van der Waals surface area (Å²) < 4.78 is 13.1. The predicted octanol–water partition coefficient (Wildman–Crippen LogP) is 2.02. The van der Waals surface area contributed by atoms with Gasteiger partial charge in [-0.05, 0) is 23.6 Å². The summed E-state index contributed by atoms with van der Waals surface area (Å²) in [6.07, 6.45) is 0.500. The number of aliphatic carboxylic acids is 1. The number of aryl methyl sites for hydroxylation is 1. The number of halogens is 1. The van der Waals surface area contributed by atoms with E-state index in [2.05, 4.69) is 0 Å². The van der Waals surface area contributed by atoms with E-state index in [0.717, 1.165) is 0 Å². The lowest BCUT2D eigenvalue weighted by Gasteiger charge is -2.01. The number of carboxylic acids is 1. The Bertz CT molecular complexity index is 321. The van der Waals surface area contributed by atoms with E-state index in [0.29, 0.717) is 17.5 Å². The molecule has 1 N–H and O–H groups in total. The van der Waals surface area contributed by atoms with Crippen LogP contribution >= 0.6 is 0 Å². The fraction of sp³-hybridized carbons (Fsp3) is 0.300. The predicted molar refractivity (Wildman–Crippen MR) is 47.1 cm³/mol. The third kappa shape index (κ3) is 2.54. The Morgan fingerprint density at radius 1 is 1.54 bits per heavy atom. The molecule has 1 aromatic rings. The molecule has 0 amide bonds. The Labute approximate surface area is 76.0 Å². The fourth-order valence-corrected chi connectivity index (χ4v) is 1.16. The maximum atomic E-state index is 13.1. The molecule has 3 heteroatoms. The summed E-state index contributed by atoms with van der Waals surface area (Å²) in [5.41, 5.74) is 1.12. The molecular weight excluding hydrogens is 171 g/mol. The topological polar surface area (TPSA) is 37.3 Å². The molecule has 0 saturated heterocycles. The number of hydrogen-bond acceptors (Lipinski definition) is 1. The monoisotopic (exact) mass is 182 g/mol. The van der Waals surface area contributed by atoms with Gasteiger partial charge in [0.1, 0.15) is 5.82 Å². The molecule has 0 bridgehead atoms. The molecule has 0 radical (unpaired) electrons. The highest BCUT2D eigenvalue weighted by Crippen LogP contribution is 2.11. The quantitative estimate of drug-likeness (QED) is 0.776. The van der Waals surface area contributed by atoms with Crippen LogP contribution in [0.5, 0.6) is 0 Å². The average molecular weight is 182 g/mol. The third-order valence-corrected chi connectivity index (χ3v) is 1.85. The molecule has 0 unspecified atom stereocenters. The minimum Gasteiger partial charge on any atom is -0.481 e. The molecular formula is C10H11FO2. The highest BCUT2D eigenvalue weighted by molar-refractivity contribution is 5.70. The number of hydrogen-bond donors (Lipinski definition) is 1. The van der Waals surface area contributed by atoms with Gasteiger partial charge in [-0.1, -0.05) is 19.1 Å². The van der Waals surface area contributed by atoms with Crippen molar-refractivity contribution in [1.82, 2.24) is 0 Å². The van der Waals surface area contributed by atoms with Crippen molar-refractivity contribution in [3.63, 3.8) is 0 Å². The zero-order valence-electron chi connectivity index (χ0n) is 7.38. The first-order valence-corrected chi connectivity index (χ1v) is 4.12. The van der Waals surface area contributed by atoms with E-state index in [1.807, 2.05) is 6.92 Å². The van der Waals surface area contributed by atoms with Crippen LogP contribution < -0.4 is 0 Å². The molecule has 2 nitrogen and oxygen atoms in total. The summed E-state index contributed by atoms with van der Waals surface area (Å²) >= 11 is 0. The van der Waals surface area contributed by atoms with Gasteiger partial charge in [0, 0.05) is 0 Å². The van der Waals surface area contributed by atoms with Gasteiger partial charge in [0.05, 0.1) is 6.42 Å². The maximum absolute atomic E-state index is 13.1. The number of carboxylic acid groups (broad SMARTS) is 1. The van der Waals surface area contributed by atoms with E-state index in [1.165, 1.54) is 6.07 Å². The van der Waals surface area contributed by atoms with Gasteiger partial charge in [-0.25, -0.2) is 4.39 Å². The maximum Gasteiger partial charge on any atom is 0.307 e. The Morgan fingerprint density at radius 2 is 2.23 bits per heavy atom. The van der Waals surface area contributed by atoms with Gasteiger partial charge in [0.2, 0.25) is 0 Å². The first-order chi connectivity index (χ1) is 6.13. The molecule has 0 saturated carbocycles. The van der Waals surface area contributed by atoms with Gasteiger partial charge in [0.25, 0.3) is 0 Å². The fourth-order valence-electron chi connectivity index (χ4n) is 1.16. The smallest absolute Gasteiger partial charge is 0.307 e. The minimum absolute atomic E-state index is 0.124. The van der Waals surface area contributed by atoms with Crippen LogP contribution in [-0.4, -0.2) is 11.1 Å². The lowest BCUT2D eigenvalue weighted by atomic mass is 10.1. The highest BCUT2D eigenvalue weighted by Gasteiger charge is 2.04. The molecule has 0 aliphatic heterocycles. The summed E-state index contributed by atoms with van der Waals surface area (Å²) in [5.74, 6) is -1.26. The first-order valence-electron chi connectivity index (χ1n) is 4.12. The summed E-state index contributed by atoms with van der Waals surface area (Å²) in [6.45, 7) is 1.86. The Kier molecular flexibility index (Phi) is 3.01. The summed E-state index contributed by atoms with van der Waals surface area (Å²) in [7, 11) is 0. The van der Waals surface area contributed by atoms with Crippen LogP contribution in [0.25, 0.3) is 0 Å². The van der Waals surface area contributed by atoms with Crippen LogP contribution in [-0.2, 0) is 17.6 Å². The highest BCUT2D eigenvalue weighted by atomic mass is 19.1. The van der Waals surface area contributed by atoms with Crippen molar-refractivity contribution < 1.29 is 14.3 Å². The molecule has 0 aromatic heterocycles. The SMILES string of the molecule is CCc1ccc(CC(=O)O)cc1F. The van der Waals surface area contributed by atoms with E-state index in [4.69, 9.17) is 5.11 Å². The molecule has 1 aromatic carbocycles. The minimum atomic E-state index is -0.941. The van der Waals surface area contributed by atoms with Gasteiger partial charge in [-0.3, -0.25) is 4.79 Å². The van der Waals surface area contributed by atoms with Gasteiger partial charge in [-0.15, -0.1) is 0 Å². The van der Waals surface area contributed by atoms with Crippen LogP contribution in [0, 0.1) is 5.82 Å². The average Bonchev–Trinajstić information content (AvgIpc) is 2.03. The number of rotatable bonds is 3. The Morgan fingerprint density at radius 3 is 2.69 bits per heavy atom. The molecule has 1 rings (SSSR count). The first kappa shape index (κ1) is 9.71. The normalized spacial score (nSPS) is 10.0. The molecule has 0 fully saturated rings. The van der Waals surface area contributed by atoms with E-state index in [1.54, 1.807) is 12.1 Å². The van der Waals surface area contributed by atoms with Crippen molar-refractivity contribution >= 4 is 5.97 Å².